The number of benzene rings is 1. The van der Waals surface area contributed by atoms with Gasteiger partial charge in [-0.3, -0.25) is 4.90 Å². The molecule has 9 heteroatoms. The zero-order chi connectivity index (χ0) is 20.4. The Balaban J connectivity index is 1.68. The molecule has 1 aromatic carbocycles. The Kier molecular flexibility index (Phi) is 5.80. The van der Waals surface area contributed by atoms with Crippen molar-refractivity contribution in [3.05, 3.63) is 64.1 Å². The van der Waals surface area contributed by atoms with Gasteiger partial charge in [-0.2, -0.15) is 0 Å². The second-order valence-corrected chi connectivity index (χ2v) is 10.2. The number of rotatable bonds is 6. The van der Waals surface area contributed by atoms with Crippen LogP contribution in [-0.4, -0.2) is 40.7 Å². The molecule has 1 fully saturated rings. The Hall–Kier alpha value is -2.10. The van der Waals surface area contributed by atoms with Crippen LogP contribution in [0, 0.1) is 5.82 Å². The first kappa shape index (κ1) is 20.2. The molecule has 29 heavy (non-hydrogen) atoms. The Morgan fingerprint density at radius 3 is 2.76 bits per heavy atom. The van der Waals surface area contributed by atoms with Crippen LogP contribution in [0.1, 0.15) is 41.6 Å². The number of halogens is 1. The molecule has 0 saturated carbocycles. The van der Waals surface area contributed by atoms with Gasteiger partial charge in [0.1, 0.15) is 10.8 Å². The summed E-state index contributed by atoms with van der Waals surface area (Å²) in [4.78, 5) is 11.0. The van der Waals surface area contributed by atoms with Crippen LogP contribution >= 0.6 is 11.3 Å². The predicted molar refractivity (Wildman–Crippen MR) is 110 cm³/mol. The molecule has 0 unspecified atom stereocenters. The van der Waals surface area contributed by atoms with E-state index in [0.717, 1.165) is 42.8 Å². The van der Waals surface area contributed by atoms with E-state index < -0.39 is 9.84 Å². The predicted octanol–water partition coefficient (Wildman–Crippen LogP) is 3.66. The number of imidazole rings is 1. The van der Waals surface area contributed by atoms with Gasteiger partial charge in [0.15, 0.2) is 0 Å². The molecule has 1 atom stereocenters. The molecular formula is C20H23FN4O2S2. The maximum Gasteiger partial charge on any atom is 0.227 e. The minimum absolute atomic E-state index is 0.0291. The van der Waals surface area contributed by atoms with E-state index in [1.165, 1.54) is 6.07 Å². The number of piperidine rings is 1. The molecule has 0 N–H and O–H groups in total. The van der Waals surface area contributed by atoms with Crippen molar-refractivity contribution in [1.29, 1.82) is 0 Å². The number of hydrogen-bond acceptors (Lipinski definition) is 6. The first-order chi connectivity index (χ1) is 13.9. The normalized spacial score (nSPS) is 18.2. The third kappa shape index (κ3) is 4.41. The lowest BCUT2D eigenvalue weighted by Crippen LogP contribution is -2.33. The lowest BCUT2D eigenvalue weighted by Gasteiger charge is -2.34. The summed E-state index contributed by atoms with van der Waals surface area (Å²) in [7, 11) is -3.54. The van der Waals surface area contributed by atoms with Crippen molar-refractivity contribution in [3.63, 3.8) is 0 Å². The Morgan fingerprint density at radius 2 is 2.03 bits per heavy atom. The van der Waals surface area contributed by atoms with Crippen molar-refractivity contribution in [2.75, 3.05) is 12.8 Å². The fourth-order valence-electron chi connectivity index (χ4n) is 3.85. The van der Waals surface area contributed by atoms with Gasteiger partial charge in [0, 0.05) is 29.9 Å². The fourth-order valence-corrected chi connectivity index (χ4v) is 5.48. The molecule has 0 radical (unpaired) electrons. The van der Waals surface area contributed by atoms with E-state index in [4.69, 9.17) is 0 Å². The van der Waals surface area contributed by atoms with E-state index >= 15 is 0 Å². The molecule has 0 amide bonds. The van der Waals surface area contributed by atoms with Gasteiger partial charge in [-0.25, -0.2) is 22.8 Å². The topological polar surface area (TPSA) is 68.1 Å². The van der Waals surface area contributed by atoms with E-state index in [9.17, 15) is 12.8 Å². The summed E-state index contributed by atoms with van der Waals surface area (Å²) in [6.07, 6.45) is 7.80. The Bertz CT molecular complexity index is 1080. The summed E-state index contributed by atoms with van der Waals surface area (Å²) in [5.74, 6) is -0.356. The summed E-state index contributed by atoms with van der Waals surface area (Å²) in [6, 6.07) is 6.64. The summed E-state index contributed by atoms with van der Waals surface area (Å²) >= 11 is 1.64. The van der Waals surface area contributed by atoms with Crippen LogP contribution in [0.5, 0.6) is 0 Å². The van der Waals surface area contributed by atoms with Crippen LogP contribution in [0.3, 0.4) is 0 Å². The third-order valence-corrected chi connectivity index (χ3v) is 7.10. The number of nitrogens with zero attached hydrogens (tertiary/aromatic N) is 4. The highest BCUT2D eigenvalue weighted by Crippen LogP contribution is 2.33. The van der Waals surface area contributed by atoms with Gasteiger partial charge in [0.25, 0.3) is 0 Å². The van der Waals surface area contributed by atoms with Crippen molar-refractivity contribution in [1.82, 2.24) is 19.4 Å². The Morgan fingerprint density at radius 1 is 1.21 bits per heavy atom. The number of hydrogen-bond donors (Lipinski definition) is 0. The zero-order valence-corrected chi connectivity index (χ0v) is 17.8. The van der Waals surface area contributed by atoms with Crippen molar-refractivity contribution < 1.29 is 12.8 Å². The third-order valence-electron chi connectivity index (χ3n) is 5.23. The van der Waals surface area contributed by atoms with Gasteiger partial charge in [-0.1, -0.05) is 24.6 Å². The average Bonchev–Trinajstić information content (AvgIpc) is 3.34. The molecule has 3 aromatic rings. The second kappa shape index (κ2) is 8.33. The van der Waals surface area contributed by atoms with Crippen LogP contribution in [0.25, 0.3) is 0 Å². The van der Waals surface area contributed by atoms with Gasteiger partial charge in [0.05, 0.1) is 24.5 Å². The van der Waals surface area contributed by atoms with Crippen LogP contribution in [0.2, 0.25) is 0 Å². The smallest absolute Gasteiger partial charge is 0.227 e. The maximum absolute atomic E-state index is 14.2. The standard InChI is InChI=1S/C20H23FN4O2S2/c1-29(26,27)20-23-12-16(25(20)13-15-6-2-3-7-17(15)21)14-24-10-5-4-8-18(24)19-22-9-11-28-19/h2-3,6-7,9,11-12,18H,4-5,8,10,13-14H2,1H3/t18-/m1/s1. The molecule has 6 nitrogen and oxygen atoms in total. The van der Waals surface area contributed by atoms with E-state index in [-0.39, 0.29) is 23.6 Å². The number of likely N-dealkylation sites (tertiary alicyclic amines) is 1. The molecule has 2 aromatic heterocycles. The van der Waals surface area contributed by atoms with E-state index in [2.05, 4.69) is 14.9 Å². The van der Waals surface area contributed by atoms with E-state index in [1.54, 1.807) is 40.3 Å². The lowest BCUT2D eigenvalue weighted by molar-refractivity contribution is 0.136. The first-order valence-electron chi connectivity index (χ1n) is 9.55. The SMILES string of the molecule is CS(=O)(=O)c1ncc(CN2CCCC[C@@H]2c2nccs2)n1Cc1ccccc1F. The van der Waals surface area contributed by atoms with E-state index in [0.29, 0.717) is 12.1 Å². The molecule has 154 valence electrons. The molecule has 3 heterocycles. The highest BCUT2D eigenvalue weighted by atomic mass is 32.2. The number of thiazole rings is 1. The minimum atomic E-state index is -3.54. The minimum Gasteiger partial charge on any atom is -0.313 e. The summed E-state index contributed by atoms with van der Waals surface area (Å²) in [5, 5.41) is 3.03. The lowest BCUT2D eigenvalue weighted by atomic mass is 10.0. The fraction of sp³-hybridized carbons (Fsp3) is 0.400. The highest BCUT2D eigenvalue weighted by molar-refractivity contribution is 7.90. The van der Waals surface area contributed by atoms with Crippen molar-refractivity contribution in [3.8, 4) is 0 Å². The second-order valence-electron chi connectivity index (χ2n) is 7.33. The molecule has 4 rings (SSSR count). The highest BCUT2D eigenvalue weighted by Gasteiger charge is 2.28. The molecule has 1 aliphatic heterocycles. The van der Waals surface area contributed by atoms with Crippen LogP contribution in [0.4, 0.5) is 4.39 Å². The van der Waals surface area contributed by atoms with Crippen molar-refractivity contribution >= 4 is 21.2 Å². The monoisotopic (exact) mass is 434 g/mol. The van der Waals surface area contributed by atoms with Crippen molar-refractivity contribution in [2.24, 2.45) is 0 Å². The van der Waals surface area contributed by atoms with Crippen LogP contribution in [-0.2, 0) is 22.9 Å². The first-order valence-corrected chi connectivity index (χ1v) is 12.3. The summed E-state index contributed by atoms with van der Waals surface area (Å²) in [5.41, 5.74) is 1.20. The maximum atomic E-state index is 14.2. The summed E-state index contributed by atoms with van der Waals surface area (Å²) in [6.45, 7) is 1.57. The quantitative estimate of drug-likeness (QED) is 0.592. The van der Waals surface area contributed by atoms with Crippen LogP contribution in [0.15, 0.2) is 47.2 Å². The molecule has 1 aliphatic rings. The van der Waals surface area contributed by atoms with Gasteiger partial charge in [0.2, 0.25) is 15.0 Å². The average molecular weight is 435 g/mol. The van der Waals surface area contributed by atoms with Crippen LogP contribution < -0.4 is 0 Å². The van der Waals surface area contributed by atoms with Gasteiger partial charge in [-0.15, -0.1) is 11.3 Å². The molecular weight excluding hydrogens is 411 g/mol. The largest absolute Gasteiger partial charge is 0.313 e. The van der Waals surface area contributed by atoms with Gasteiger partial charge >= 0.3 is 0 Å². The number of sulfone groups is 1. The number of aromatic nitrogens is 3. The molecule has 0 aliphatic carbocycles. The van der Waals surface area contributed by atoms with Gasteiger partial charge in [-0.05, 0) is 25.5 Å². The molecule has 1 saturated heterocycles. The van der Waals surface area contributed by atoms with Crippen molar-refractivity contribution in [2.45, 2.75) is 43.6 Å². The molecule has 0 spiro atoms. The Labute approximate surface area is 174 Å². The van der Waals surface area contributed by atoms with E-state index in [1.807, 2.05) is 11.6 Å². The summed E-state index contributed by atoms with van der Waals surface area (Å²) < 4.78 is 40.4. The molecule has 0 bridgehead atoms. The zero-order valence-electron chi connectivity index (χ0n) is 16.2. The van der Waals surface area contributed by atoms with Gasteiger partial charge < -0.3 is 4.57 Å².